The van der Waals surface area contributed by atoms with Crippen molar-refractivity contribution < 1.29 is 42.1 Å². The largest absolute Gasteiger partial charge is 0.756 e. The second-order valence-corrected chi connectivity index (χ2v) is 23.1. The minimum atomic E-state index is -4.64. The SMILES string of the molecule is CCCCCCC/C=C\C/C=C\C/C=C\CCCCCCCCCCC(=O)OC(COC(=O)CCCCCCCCCCCCCCC/C=C\CCCCCCCCCC)COP(=O)([O-])OCC[N+](C)(C)C. The van der Waals surface area contributed by atoms with Crippen LogP contribution < -0.4 is 4.89 Å². The van der Waals surface area contributed by atoms with Gasteiger partial charge in [0, 0.05) is 12.8 Å². The third-order valence-electron chi connectivity index (χ3n) is 13.3. The zero-order valence-electron chi connectivity index (χ0n) is 47.9. The number of quaternary nitrogens is 1. The van der Waals surface area contributed by atoms with Gasteiger partial charge >= 0.3 is 11.9 Å². The van der Waals surface area contributed by atoms with Crippen molar-refractivity contribution in [2.75, 3.05) is 47.5 Å². The maximum absolute atomic E-state index is 12.8. The molecule has 0 amide bonds. The normalized spacial score (nSPS) is 13.6. The van der Waals surface area contributed by atoms with E-state index in [-0.39, 0.29) is 32.0 Å². The summed E-state index contributed by atoms with van der Waals surface area (Å²) in [4.78, 5) is 37.9. The Bertz CT molecular complexity index is 1360. The molecule has 0 spiro atoms. The first-order valence-electron chi connectivity index (χ1n) is 30.3. The molecule has 9 nitrogen and oxygen atoms in total. The monoisotopic (exact) mass is 1030 g/mol. The predicted octanol–water partition coefficient (Wildman–Crippen LogP) is 18.3. The molecule has 0 aliphatic carbocycles. The van der Waals surface area contributed by atoms with Crippen LogP contribution in [0.5, 0.6) is 0 Å². The highest BCUT2D eigenvalue weighted by molar-refractivity contribution is 7.45. The van der Waals surface area contributed by atoms with Gasteiger partial charge in [0.15, 0.2) is 6.10 Å². The predicted molar refractivity (Wildman–Crippen MR) is 305 cm³/mol. The lowest BCUT2D eigenvalue weighted by Crippen LogP contribution is -2.37. The van der Waals surface area contributed by atoms with Crippen LogP contribution in [0.3, 0.4) is 0 Å². The molecule has 0 aromatic heterocycles. The van der Waals surface area contributed by atoms with Gasteiger partial charge in [-0.15, -0.1) is 0 Å². The third kappa shape index (κ3) is 57.3. The zero-order valence-corrected chi connectivity index (χ0v) is 48.8. The molecule has 0 fully saturated rings. The number of phosphoric acid groups is 1. The Hall–Kier alpha value is -2.03. The molecule has 2 unspecified atom stereocenters. The van der Waals surface area contributed by atoms with Crippen LogP contribution in [-0.2, 0) is 32.7 Å². The Labute approximate surface area is 445 Å². The number of hydrogen-bond donors (Lipinski definition) is 0. The van der Waals surface area contributed by atoms with Gasteiger partial charge in [0.2, 0.25) is 0 Å². The van der Waals surface area contributed by atoms with E-state index in [0.29, 0.717) is 17.4 Å². The van der Waals surface area contributed by atoms with E-state index >= 15 is 0 Å². The number of allylic oxidation sites excluding steroid dienone is 8. The topological polar surface area (TPSA) is 111 Å². The minimum absolute atomic E-state index is 0.0326. The van der Waals surface area contributed by atoms with Gasteiger partial charge in [-0.2, -0.15) is 0 Å². The van der Waals surface area contributed by atoms with Gasteiger partial charge in [0.1, 0.15) is 19.8 Å². The molecular weight excluding hydrogens is 918 g/mol. The van der Waals surface area contributed by atoms with Crippen LogP contribution in [0, 0.1) is 0 Å². The summed E-state index contributed by atoms with van der Waals surface area (Å²) in [5.41, 5.74) is 0. The first-order valence-corrected chi connectivity index (χ1v) is 31.8. The van der Waals surface area contributed by atoms with Gasteiger partial charge in [-0.1, -0.05) is 242 Å². The summed E-state index contributed by atoms with van der Waals surface area (Å²) in [6.45, 7) is 4.25. The number of esters is 2. The first kappa shape index (κ1) is 70.0. The molecule has 0 saturated carbocycles. The average molecular weight is 1030 g/mol. The quantitative estimate of drug-likeness (QED) is 0.0195. The lowest BCUT2D eigenvalue weighted by molar-refractivity contribution is -0.870. The third-order valence-corrected chi connectivity index (χ3v) is 14.3. The van der Waals surface area contributed by atoms with Crippen molar-refractivity contribution in [2.45, 2.75) is 290 Å². The first-order chi connectivity index (χ1) is 35.0. The summed E-state index contributed by atoms with van der Waals surface area (Å²) < 4.78 is 34.2. The van der Waals surface area contributed by atoms with Crippen LogP contribution in [0.4, 0.5) is 0 Å². The number of ether oxygens (including phenoxy) is 2. The number of unbranched alkanes of at least 4 members (excludes halogenated alkanes) is 34. The molecule has 10 heteroatoms. The highest BCUT2D eigenvalue weighted by Crippen LogP contribution is 2.38. The van der Waals surface area contributed by atoms with Crippen LogP contribution >= 0.6 is 7.82 Å². The molecule has 2 atom stereocenters. The number of carbonyl (C=O) groups is 2. The van der Waals surface area contributed by atoms with Crippen molar-refractivity contribution >= 4 is 19.8 Å². The summed E-state index contributed by atoms with van der Waals surface area (Å²) in [6.07, 6.45) is 67.3. The molecule has 0 saturated heterocycles. The molecule has 0 aliphatic rings. The van der Waals surface area contributed by atoms with Gasteiger partial charge in [0.25, 0.3) is 7.82 Å². The van der Waals surface area contributed by atoms with Gasteiger partial charge in [0.05, 0.1) is 27.7 Å². The summed E-state index contributed by atoms with van der Waals surface area (Å²) in [6, 6.07) is 0. The Balaban J connectivity index is 4.15. The van der Waals surface area contributed by atoms with Crippen LogP contribution in [-0.4, -0.2) is 70.0 Å². The minimum Gasteiger partial charge on any atom is -0.756 e. The number of carbonyl (C=O) groups excluding carboxylic acids is 2. The Morgan fingerprint density at radius 1 is 0.431 bits per heavy atom. The van der Waals surface area contributed by atoms with Gasteiger partial charge in [-0.3, -0.25) is 14.2 Å². The van der Waals surface area contributed by atoms with E-state index in [2.05, 4.69) is 62.5 Å². The smallest absolute Gasteiger partial charge is 0.306 e. The molecule has 0 bridgehead atoms. The lowest BCUT2D eigenvalue weighted by atomic mass is 10.0. The number of likely N-dealkylation sites (N-methyl/N-ethyl adjacent to an activating group) is 1. The highest BCUT2D eigenvalue weighted by Gasteiger charge is 2.22. The van der Waals surface area contributed by atoms with Crippen LogP contribution in [0.1, 0.15) is 284 Å². The van der Waals surface area contributed by atoms with Crippen molar-refractivity contribution in [3.8, 4) is 0 Å². The highest BCUT2D eigenvalue weighted by atomic mass is 31.2. The van der Waals surface area contributed by atoms with Gasteiger partial charge < -0.3 is 27.9 Å². The fourth-order valence-corrected chi connectivity index (χ4v) is 9.33. The van der Waals surface area contributed by atoms with E-state index in [1.54, 1.807) is 0 Å². The maximum Gasteiger partial charge on any atom is 0.306 e. The molecule has 0 rings (SSSR count). The van der Waals surface area contributed by atoms with E-state index in [1.807, 2.05) is 21.1 Å². The van der Waals surface area contributed by atoms with Crippen molar-refractivity contribution in [3.63, 3.8) is 0 Å². The number of rotatable bonds is 56. The molecular formula is C62H116NO8P. The standard InChI is InChI=1S/C62H116NO8P/c1-6-8-10-12-14-16-18-20-22-24-26-28-30-31-33-34-36-38-40-42-44-46-48-50-52-54-61(64)68-58-60(59-70-72(66,67)69-57-56-63(3,4)5)71-62(65)55-53-51-49-47-45-43-41-39-37-35-32-29-27-25-23-21-19-17-15-13-11-9-7-2/h19,21,24-27,32,35,60H,6-18,20,22-23,28-31,33-34,36-59H2,1-5H3/b21-19-,26-24-,27-25-,35-32-. The lowest BCUT2D eigenvalue weighted by Gasteiger charge is -2.28. The Morgan fingerprint density at radius 3 is 1.12 bits per heavy atom. The molecule has 0 aromatic carbocycles. The van der Waals surface area contributed by atoms with Crippen molar-refractivity contribution in [2.24, 2.45) is 0 Å². The number of phosphoric ester groups is 1. The molecule has 422 valence electrons. The van der Waals surface area contributed by atoms with Gasteiger partial charge in [-0.05, 0) is 77.0 Å². The number of nitrogens with zero attached hydrogens (tertiary/aromatic N) is 1. The fourth-order valence-electron chi connectivity index (χ4n) is 8.60. The van der Waals surface area contributed by atoms with Crippen molar-refractivity contribution in [1.29, 1.82) is 0 Å². The summed E-state index contributed by atoms with van der Waals surface area (Å²) in [5.74, 6) is -0.832. The Morgan fingerprint density at radius 2 is 0.750 bits per heavy atom. The Kier molecular flexibility index (Phi) is 52.3. The van der Waals surface area contributed by atoms with E-state index in [1.165, 1.54) is 193 Å². The van der Waals surface area contributed by atoms with Crippen LogP contribution in [0.2, 0.25) is 0 Å². The summed E-state index contributed by atoms with van der Waals surface area (Å²) in [5, 5.41) is 0. The molecule has 0 aromatic rings. The fraction of sp³-hybridized carbons (Fsp3) is 0.839. The van der Waals surface area contributed by atoms with E-state index in [0.717, 1.165) is 57.8 Å². The van der Waals surface area contributed by atoms with E-state index in [9.17, 15) is 19.0 Å². The van der Waals surface area contributed by atoms with E-state index < -0.39 is 26.5 Å². The zero-order chi connectivity index (χ0) is 52.7. The van der Waals surface area contributed by atoms with Crippen molar-refractivity contribution in [3.05, 3.63) is 48.6 Å². The van der Waals surface area contributed by atoms with Crippen molar-refractivity contribution in [1.82, 2.24) is 0 Å². The molecule has 0 aliphatic heterocycles. The second-order valence-electron chi connectivity index (χ2n) is 21.7. The summed E-state index contributed by atoms with van der Waals surface area (Å²) in [7, 11) is 1.17. The van der Waals surface area contributed by atoms with E-state index in [4.69, 9.17) is 18.5 Å². The molecule has 0 heterocycles. The average Bonchev–Trinajstić information content (AvgIpc) is 3.34. The molecule has 0 radical (unpaired) electrons. The molecule has 72 heavy (non-hydrogen) atoms. The summed E-state index contributed by atoms with van der Waals surface area (Å²) >= 11 is 0. The van der Waals surface area contributed by atoms with Gasteiger partial charge in [-0.25, -0.2) is 0 Å². The van der Waals surface area contributed by atoms with Crippen LogP contribution in [0.25, 0.3) is 0 Å². The second kappa shape index (κ2) is 53.8. The molecule has 0 N–H and O–H groups in total. The number of hydrogen-bond acceptors (Lipinski definition) is 8. The maximum atomic E-state index is 12.8. The van der Waals surface area contributed by atoms with Crippen LogP contribution in [0.15, 0.2) is 48.6 Å².